The number of sulfone groups is 1. The summed E-state index contributed by atoms with van der Waals surface area (Å²) in [7, 11) is -3.14. The molecule has 22 heavy (non-hydrogen) atoms. The third-order valence-electron chi connectivity index (χ3n) is 2.72. The van der Waals surface area contributed by atoms with Crippen LogP contribution in [0.2, 0.25) is 0 Å². The SMILES string of the molecule is C#CCNC(=NCCc1ccc(S(C)(=O)=O)cc1)NCC.I. The van der Waals surface area contributed by atoms with Crippen molar-refractivity contribution in [3.05, 3.63) is 29.8 Å². The number of guanidine groups is 1. The van der Waals surface area contributed by atoms with Crippen LogP contribution < -0.4 is 10.6 Å². The van der Waals surface area contributed by atoms with E-state index in [1.165, 1.54) is 6.26 Å². The Morgan fingerprint density at radius 3 is 2.41 bits per heavy atom. The van der Waals surface area contributed by atoms with E-state index >= 15 is 0 Å². The summed E-state index contributed by atoms with van der Waals surface area (Å²) in [5.74, 6) is 3.18. The number of hydrogen-bond acceptors (Lipinski definition) is 3. The first-order valence-corrected chi connectivity index (χ1v) is 8.61. The van der Waals surface area contributed by atoms with Crippen LogP contribution in [0.25, 0.3) is 0 Å². The van der Waals surface area contributed by atoms with Gasteiger partial charge in [0.2, 0.25) is 0 Å². The van der Waals surface area contributed by atoms with Crippen molar-refractivity contribution in [2.45, 2.75) is 18.2 Å². The van der Waals surface area contributed by atoms with E-state index < -0.39 is 9.84 Å². The van der Waals surface area contributed by atoms with Gasteiger partial charge in [-0.25, -0.2) is 8.42 Å². The van der Waals surface area contributed by atoms with Crippen LogP contribution in [0, 0.1) is 12.3 Å². The molecule has 7 heteroatoms. The molecule has 0 atom stereocenters. The average molecular weight is 435 g/mol. The molecule has 0 bridgehead atoms. The molecule has 0 saturated carbocycles. The summed E-state index contributed by atoms with van der Waals surface area (Å²) >= 11 is 0. The number of terminal acetylenes is 1. The van der Waals surface area contributed by atoms with Crippen molar-refractivity contribution in [3.63, 3.8) is 0 Å². The lowest BCUT2D eigenvalue weighted by Crippen LogP contribution is -2.37. The fourth-order valence-corrected chi connectivity index (χ4v) is 2.31. The zero-order valence-electron chi connectivity index (χ0n) is 12.8. The van der Waals surface area contributed by atoms with Crippen molar-refractivity contribution >= 4 is 39.8 Å². The maximum absolute atomic E-state index is 11.4. The lowest BCUT2D eigenvalue weighted by molar-refractivity contribution is 0.602. The molecular weight excluding hydrogens is 413 g/mol. The third kappa shape index (κ3) is 7.66. The van der Waals surface area contributed by atoms with Crippen LogP contribution in [0.5, 0.6) is 0 Å². The molecule has 5 nitrogen and oxygen atoms in total. The Morgan fingerprint density at radius 1 is 1.27 bits per heavy atom. The first-order chi connectivity index (χ1) is 9.97. The highest BCUT2D eigenvalue weighted by Gasteiger charge is 2.05. The standard InChI is InChI=1S/C15H21N3O2S.HI/c1-4-11-17-15(16-5-2)18-12-10-13-6-8-14(9-7-13)21(3,19)20;/h1,6-9H,5,10-12H2,2-3H3,(H2,16,17,18);1H. The lowest BCUT2D eigenvalue weighted by atomic mass is 10.1. The minimum absolute atomic E-state index is 0. The summed E-state index contributed by atoms with van der Waals surface area (Å²) in [6.07, 6.45) is 7.13. The minimum Gasteiger partial charge on any atom is -0.357 e. The molecule has 0 unspecified atom stereocenters. The number of rotatable bonds is 6. The number of benzene rings is 1. The highest BCUT2D eigenvalue weighted by Crippen LogP contribution is 2.10. The van der Waals surface area contributed by atoms with Crippen molar-refractivity contribution in [2.24, 2.45) is 4.99 Å². The van der Waals surface area contributed by atoms with Crippen LogP contribution in [-0.4, -0.2) is 40.3 Å². The van der Waals surface area contributed by atoms with Crippen LogP contribution in [0.1, 0.15) is 12.5 Å². The molecule has 0 heterocycles. The van der Waals surface area contributed by atoms with Gasteiger partial charge in [-0.05, 0) is 31.0 Å². The number of halogens is 1. The largest absolute Gasteiger partial charge is 0.357 e. The summed E-state index contributed by atoms with van der Waals surface area (Å²) in [5.41, 5.74) is 1.04. The van der Waals surface area contributed by atoms with Crippen LogP contribution in [0.15, 0.2) is 34.2 Å². The van der Waals surface area contributed by atoms with E-state index in [1.807, 2.05) is 19.1 Å². The summed E-state index contributed by atoms with van der Waals surface area (Å²) in [6, 6.07) is 6.87. The molecule has 1 aromatic rings. The second-order valence-electron chi connectivity index (χ2n) is 4.48. The van der Waals surface area contributed by atoms with Gasteiger partial charge in [0.25, 0.3) is 0 Å². The van der Waals surface area contributed by atoms with E-state index in [0.29, 0.717) is 23.9 Å². The Labute approximate surface area is 149 Å². The van der Waals surface area contributed by atoms with Gasteiger partial charge in [0, 0.05) is 19.3 Å². The van der Waals surface area contributed by atoms with Crippen LogP contribution in [0.3, 0.4) is 0 Å². The third-order valence-corrected chi connectivity index (χ3v) is 3.85. The van der Waals surface area contributed by atoms with Crippen molar-refractivity contribution in [2.75, 3.05) is 25.9 Å². The van der Waals surface area contributed by atoms with E-state index in [9.17, 15) is 8.42 Å². The lowest BCUT2D eigenvalue weighted by Gasteiger charge is -2.08. The fraction of sp³-hybridized carbons (Fsp3) is 0.400. The molecule has 1 rings (SSSR count). The van der Waals surface area contributed by atoms with Gasteiger partial charge in [0.1, 0.15) is 0 Å². The van der Waals surface area contributed by atoms with E-state index in [2.05, 4.69) is 21.5 Å². The molecular formula is C15H22IN3O2S. The molecule has 0 aliphatic rings. The second-order valence-corrected chi connectivity index (χ2v) is 6.50. The Balaban J connectivity index is 0.00000441. The van der Waals surface area contributed by atoms with Gasteiger partial charge in [-0.1, -0.05) is 18.1 Å². The van der Waals surface area contributed by atoms with Crippen LogP contribution >= 0.6 is 24.0 Å². The van der Waals surface area contributed by atoms with Crippen molar-refractivity contribution < 1.29 is 8.42 Å². The Kier molecular flexibility index (Phi) is 9.85. The molecule has 0 aliphatic heterocycles. The number of nitrogens with one attached hydrogen (secondary N) is 2. The Morgan fingerprint density at radius 2 is 1.91 bits per heavy atom. The molecule has 0 saturated heterocycles. The maximum Gasteiger partial charge on any atom is 0.192 e. The fourth-order valence-electron chi connectivity index (χ4n) is 1.68. The zero-order valence-corrected chi connectivity index (χ0v) is 15.9. The number of aliphatic imine (C=N–C) groups is 1. The first kappa shape index (κ1) is 20.7. The topological polar surface area (TPSA) is 70.6 Å². The van der Waals surface area contributed by atoms with Crippen LogP contribution in [0.4, 0.5) is 0 Å². The monoisotopic (exact) mass is 435 g/mol. The van der Waals surface area contributed by atoms with Crippen molar-refractivity contribution in [1.82, 2.24) is 10.6 Å². The predicted octanol–water partition coefficient (Wildman–Crippen LogP) is 1.44. The minimum atomic E-state index is -3.14. The molecule has 0 aromatic heterocycles. The van der Waals surface area contributed by atoms with Gasteiger partial charge >= 0.3 is 0 Å². The number of hydrogen-bond donors (Lipinski definition) is 2. The zero-order chi connectivity index (χ0) is 15.7. The smallest absolute Gasteiger partial charge is 0.192 e. The van der Waals surface area contributed by atoms with Gasteiger partial charge in [0.05, 0.1) is 11.4 Å². The summed E-state index contributed by atoms with van der Waals surface area (Å²) in [6.45, 7) is 3.77. The van der Waals surface area contributed by atoms with E-state index in [1.54, 1.807) is 12.1 Å². The van der Waals surface area contributed by atoms with Gasteiger partial charge in [0.15, 0.2) is 15.8 Å². The van der Waals surface area contributed by atoms with Gasteiger partial charge < -0.3 is 10.6 Å². The predicted molar refractivity (Wildman–Crippen MR) is 101 cm³/mol. The molecule has 122 valence electrons. The molecule has 0 fully saturated rings. The summed E-state index contributed by atoms with van der Waals surface area (Å²) in [4.78, 5) is 4.73. The van der Waals surface area contributed by atoms with E-state index in [0.717, 1.165) is 18.5 Å². The molecule has 0 aliphatic carbocycles. The molecule has 0 radical (unpaired) electrons. The Bertz CT molecular complexity index is 619. The summed E-state index contributed by atoms with van der Waals surface area (Å²) < 4.78 is 22.7. The molecule has 2 N–H and O–H groups in total. The van der Waals surface area contributed by atoms with Crippen LogP contribution in [-0.2, 0) is 16.3 Å². The number of nitrogens with zero attached hydrogens (tertiary/aromatic N) is 1. The quantitative estimate of drug-likeness (QED) is 0.307. The normalized spacial score (nSPS) is 11.2. The molecule has 0 amide bonds. The summed E-state index contributed by atoms with van der Waals surface area (Å²) in [5, 5.41) is 6.11. The Hall–Kier alpha value is -1.27. The van der Waals surface area contributed by atoms with Gasteiger partial charge in [-0.2, -0.15) is 0 Å². The molecule has 1 aromatic carbocycles. The van der Waals surface area contributed by atoms with Gasteiger partial charge in [-0.3, -0.25) is 4.99 Å². The highest BCUT2D eigenvalue weighted by atomic mass is 127. The highest BCUT2D eigenvalue weighted by molar-refractivity contribution is 14.0. The molecule has 0 spiro atoms. The maximum atomic E-state index is 11.4. The second kappa shape index (κ2) is 10.5. The van der Waals surface area contributed by atoms with Crippen molar-refractivity contribution in [1.29, 1.82) is 0 Å². The van der Waals surface area contributed by atoms with E-state index in [4.69, 9.17) is 6.42 Å². The van der Waals surface area contributed by atoms with Gasteiger partial charge in [-0.15, -0.1) is 30.4 Å². The first-order valence-electron chi connectivity index (χ1n) is 6.72. The van der Waals surface area contributed by atoms with E-state index in [-0.39, 0.29) is 24.0 Å². The van der Waals surface area contributed by atoms with Crippen molar-refractivity contribution in [3.8, 4) is 12.3 Å². The average Bonchev–Trinajstić information content (AvgIpc) is 2.44.